The minimum absolute atomic E-state index is 0. The molecule has 7 heteroatoms. The molecular weight excluding hydrogens is 332 g/mol. The van der Waals surface area contributed by atoms with Crippen molar-refractivity contribution in [3.63, 3.8) is 0 Å². The van der Waals surface area contributed by atoms with Gasteiger partial charge >= 0.3 is 0 Å². The predicted molar refractivity (Wildman–Crippen MR) is 97.9 cm³/mol. The Balaban J connectivity index is 0.00000192. The van der Waals surface area contributed by atoms with Gasteiger partial charge in [0.15, 0.2) is 0 Å². The Labute approximate surface area is 147 Å². The SMILES string of the molecule is CNC1CCCN(C(=O)c2cc3c(C(C)C)nn(C)c3s2)C1.Cl. The number of nitrogens with zero attached hydrogens (tertiary/aromatic N) is 3. The lowest BCUT2D eigenvalue weighted by atomic mass is 10.1. The van der Waals surface area contributed by atoms with Crippen LogP contribution in [0.25, 0.3) is 10.2 Å². The molecule has 0 spiro atoms. The van der Waals surface area contributed by atoms with Crippen LogP contribution in [0.3, 0.4) is 0 Å². The number of rotatable bonds is 3. The molecule has 1 N–H and O–H groups in total. The molecule has 23 heavy (non-hydrogen) atoms. The first-order chi connectivity index (χ1) is 10.5. The molecule has 0 aliphatic carbocycles. The highest BCUT2D eigenvalue weighted by Gasteiger charge is 2.26. The number of piperidine rings is 1. The van der Waals surface area contributed by atoms with Crippen molar-refractivity contribution >= 4 is 39.9 Å². The molecule has 3 heterocycles. The highest BCUT2D eigenvalue weighted by atomic mass is 35.5. The average molecular weight is 357 g/mol. The van der Waals surface area contributed by atoms with Crippen LogP contribution in [0.2, 0.25) is 0 Å². The standard InChI is InChI=1S/C16H24N4OS.ClH/c1-10(2)14-12-8-13(22-16(12)19(4)18-14)15(21)20-7-5-6-11(9-20)17-3;/h8,10-11,17H,5-7,9H2,1-4H3;1H. The third-order valence-corrected chi connectivity index (χ3v) is 5.60. The van der Waals surface area contributed by atoms with Gasteiger partial charge in [-0.25, -0.2) is 0 Å². The summed E-state index contributed by atoms with van der Waals surface area (Å²) in [6, 6.07) is 2.45. The molecule has 128 valence electrons. The lowest BCUT2D eigenvalue weighted by Crippen LogP contribution is -2.46. The first-order valence-corrected chi connectivity index (χ1v) is 8.76. The lowest BCUT2D eigenvalue weighted by molar-refractivity contribution is 0.0703. The Bertz CT molecular complexity index is 694. The van der Waals surface area contributed by atoms with E-state index in [2.05, 4.69) is 24.3 Å². The molecule has 0 bridgehead atoms. The van der Waals surface area contributed by atoms with E-state index in [1.807, 2.05) is 29.7 Å². The third-order valence-electron chi connectivity index (χ3n) is 4.41. The van der Waals surface area contributed by atoms with E-state index in [-0.39, 0.29) is 18.3 Å². The number of aromatic nitrogens is 2. The Kier molecular flexibility index (Phi) is 5.70. The predicted octanol–water partition coefficient (Wildman–Crippen LogP) is 3.00. The van der Waals surface area contributed by atoms with E-state index < -0.39 is 0 Å². The molecule has 1 atom stereocenters. The minimum Gasteiger partial charge on any atom is -0.336 e. The molecule has 1 saturated heterocycles. The zero-order chi connectivity index (χ0) is 15.9. The summed E-state index contributed by atoms with van der Waals surface area (Å²) in [6.07, 6.45) is 2.22. The van der Waals surface area contributed by atoms with Gasteiger partial charge in [-0.1, -0.05) is 13.8 Å². The highest BCUT2D eigenvalue weighted by Crippen LogP contribution is 2.32. The third kappa shape index (κ3) is 3.39. The van der Waals surface area contributed by atoms with Crippen LogP contribution < -0.4 is 5.32 Å². The molecule has 1 fully saturated rings. The van der Waals surface area contributed by atoms with Crippen LogP contribution in [0, 0.1) is 0 Å². The second-order valence-electron chi connectivity index (χ2n) is 6.37. The van der Waals surface area contributed by atoms with Crippen molar-refractivity contribution in [2.75, 3.05) is 20.1 Å². The molecule has 1 aliphatic heterocycles. The fourth-order valence-electron chi connectivity index (χ4n) is 3.15. The number of hydrogen-bond acceptors (Lipinski definition) is 4. The van der Waals surface area contributed by atoms with E-state index >= 15 is 0 Å². The molecule has 2 aromatic heterocycles. The van der Waals surface area contributed by atoms with Crippen molar-refractivity contribution in [2.45, 2.75) is 38.6 Å². The van der Waals surface area contributed by atoms with Crippen molar-refractivity contribution in [1.29, 1.82) is 0 Å². The van der Waals surface area contributed by atoms with Crippen LogP contribution in [0.4, 0.5) is 0 Å². The second kappa shape index (κ2) is 7.20. The fourth-order valence-corrected chi connectivity index (χ4v) is 4.20. The van der Waals surface area contributed by atoms with Gasteiger partial charge in [0, 0.05) is 31.6 Å². The Morgan fingerprint density at radius 3 is 2.87 bits per heavy atom. The minimum atomic E-state index is 0. The Hall–Kier alpha value is -1.11. The largest absolute Gasteiger partial charge is 0.336 e. The maximum atomic E-state index is 12.8. The number of fused-ring (bicyclic) bond motifs is 1. The number of likely N-dealkylation sites (tertiary alicyclic amines) is 1. The molecule has 0 aromatic carbocycles. The topological polar surface area (TPSA) is 50.2 Å². The molecule has 0 saturated carbocycles. The van der Waals surface area contributed by atoms with Gasteiger partial charge in [0.1, 0.15) is 4.83 Å². The fraction of sp³-hybridized carbons (Fsp3) is 0.625. The normalized spacial score (nSPS) is 18.5. The summed E-state index contributed by atoms with van der Waals surface area (Å²) in [5.41, 5.74) is 1.08. The van der Waals surface area contributed by atoms with Gasteiger partial charge in [-0.05, 0) is 31.9 Å². The van der Waals surface area contributed by atoms with Gasteiger partial charge in [0.2, 0.25) is 0 Å². The molecule has 0 radical (unpaired) electrons. The van der Waals surface area contributed by atoms with Crippen LogP contribution in [-0.2, 0) is 7.05 Å². The summed E-state index contributed by atoms with van der Waals surface area (Å²) in [7, 11) is 3.93. The van der Waals surface area contributed by atoms with Gasteiger partial charge in [0.25, 0.3) is 5.91 Å². The smallest absolute Gasteiger partial charge is 0.264 e. The van der Waals surface area contributed by atoms with Gasteiger partial charge in [0.05, 0.1) is 10.6 Å². The van der Waals surface area contributed by atoms with E-state index in [0.717, 1.165) is 46.7 Å². The molecule has 5 nitrogen and oxygen atoms in total. The van der Waals surface area contributed by atoms with Gasteiger partial charge in [-0.2, -0.15) is 5.10 Å². The van der Waals surface area contributed by atoms with Gasteiger partial charge in [-0.3, -0.25) is 9.48 Å². The zero-order valence-corrected chi connectivity index (χ0v) is 15.8. The average Bonchev–Trinajstić information content (AvgIpc) is 3.07. The number of carbonyl (C=O) groups excluding carboxylic acids is 1. The first-order valence-electron chi connectivity index (χ1n) is 7.94. The number of carbonyl (C=O) groups is 1. The van der Waals surface area contributed by atoms with Gasteiger partial charge in [-0.15, -0.1) is 23.7 Å². The van der Waals surface area contributed by atoms with Crippen molar-refractivity contribution < 1.29 is 4.79 Å². The highest BCUT2D eigenvalue weighted by molar-refractivity contribution is 7.20. The number of amides is 1. The van der Waals surface area contributed by atoms with Crippen LogP contribution >= 0.6 is 23.7 Å². The Morgan fingerprint density at radius 1 is 1.48 bits per heavy atom. The molecule has 1 unspecified atom stereocenters. The maximum absolute atomic E-state index is 12.8. The van der Waals surface area contributed by atoms with Crippen LogP contribution in [0.15, 0.2) is 6.07 Å². The van der Waals surface area contributed by atoms with Crippen molar-refractivity contribution in [2.24, 2.45) is 7.05 Å². The molecule has 1 amide bonds. The maximum Gasteiger partial charge on any atom is 0.264 e. The number of nitrogens with one attached hydrogen (secondary N) is 1. The van der Waals surface area contributed by atoms with Crippen molar-refractivity contribution in [3.05, 3.63) is 16.6 Å². The zero-order valence-electron chi connectivity index (χ0n) is 14.1. The van der Waals surface area contributed by atoms with Crippen molar-refractivity contribution in [3.8, 4) is 0 Å². The molecule has 1 aliphatic rings. The molecule has 3 rings (SSSR count). The first kappa shape index (κ1) is 18.2. The number of thiophene rings is 1. The number of aryl methyl sites for hydroxylation is 1. The van der Waals surface area contributed by atoms with E-state index in [4.69, 9.17) is 0 Å². The van der Waals surface area contributed by atoms with Gasteiger partial charge < -0.3 is 10.2 Å². The second-order valence-corrected chi connectivity index (χ2v) is 7.40. The van der Waals surface area contributed by atoms with E-state index in [0.29, 0.717) is 12.0 Å². The quantitative estimate of drug-likeness (QED) is 0.919. The van der Waals surface area contributed by atoms with Crippen molar-refractivity contribution in [1.82, 2.24) is 20.0 Å². The monoisotopic (exact) mass is 356 g/mol. The number of hydrogen-bond donors (Lipinski definition) is 1. The lowest BCUT2D eigenvalue weighted by Gasteiger charge is -2.32. The summed E-state index contributed by atoms with van der Waals surface area (Å²) >= 11 is 1.56. The summed E-state index contributed by atoms with van der Waals surface area (Å²) < 4.78 is 1.90. The van der Waals surface area contributed by atoms with Crippen LogP contribution in [-0.4, -0.2) is 46.8 Å². The molecule has 2 aromatic rings. The van der Waals surface area contributed by atoms with E-state index in [9.17, 15) is 4.79 Å². The summed E-state index contributed by atoms with van der Waals surface area (Å²) in [5, 5.41) is 9.00. The number of likely N-dealkylation sites (N-methyl/N-ethyl adjacent to an activating group) is 1. The number of halogens is 1. The van der Waals surface area contributed by atoms with Crippen LogP contribution in [0.1, 0.15) is 48.0 Å². The van der Waals surface area contributed by atoms with Crippen LogP contribution in [0.5, 0.6) is 0 Å². The molecular formula is C16H25ClN4OS. The van der Waals surface area contributed by atoms with E-state index in [1.165, 1.54) is 0 Å². The summed E-state index contributed by atoms with van der Waals surface area (Å²) in [5.74, 6) is 0.528. The Morgan fingerprint density at radius 2 is 2.22 bits per heavy atom. The van der Waals surface area contributed by atoms with E-state index in [1.54, 1.807) is 11.3 Å². The summed E-state index contributed by atoms with van der Waals surface area (Å²) in [4.78, 5) is 16.7. The summed E-state index contributed by atoms with van der Waals surface area (Å²) in [6.45, 7) is 5.95.